The lowest BCUT2D eigenvalue weighted by Crippen LogP contribution is -2.34. The van der Waals surface area contributed by atoms with Crippen molar-refractivity contribution in [2.24, 2.45) is 0 Å². The van der Waals surface area contributed by atoms with Gasteiger partial charge in [0.1, 0.15) is 5.75 Å². The van der Waals surface area contributed by atoms with Gasteiger partial charge in [-0.1, -0.05) is 18.2 Å². The fourth-order valence-corrected chi connectivity index (χ4v) is 1.42. The fourth-order valence-electron chi connectivity index (χ4n) is 1.42. The van der Waals surface area contributed by atoms with E-state index in [9.17, 15) is 4.79 Å². The Balaban J connectivity index is 2.76. The molecule has 0 saturated carbocycles. The number of benzene rings is 1. The number of amides is 1. The van der Waals surface area contributed by atoms with Crippen LogP contribution in [0.1, 0.15) is 19.4 Å². The van der Waals surface area contributed by atoms with E-state index < -0.39 is 0 Å². The van der Waals surface area contributed by atoms with E-state index in [1.807, 2.05) is 45.2 Å². The van der Waals surface area contributed by atoms with Gasteiger partial charge < -0.3 is 9.64 Å². The zero-order valence-corrected chi connectivity index (χ0v) is 10.4. The van der Waals surface area contributed by atoms with Gasteiger partial charge in [-0.15, -0.1) is 0 Å². The van der Waals surface area contributed by atoms with E-state index in [2.05, 4.69) is 0 Å². The van der Waals surface area contributed by atoms with Crippen LogP contribution in [0, 0.1) is 0 Å². The Morgan fingerprint density at radius 1 is 1.38 bits per heavy atom. The molecule has 0 saturated heterocycles. The maximum absolute atomic E-state index is 11.9. The summed E-state index contributed by atoms with van der Waals surface area (Å²) in [5.41, 5.74) is 0.933. The third-order valence-electron chi connectivity index (χ3n) is 2.70. The highest BCUT2D eigenvalue weighted by atomic mass is 16.5. The first kappa shape index (κ1) is 12.6. The van der Waals surface area contributed by atoms with E-state index >= 15 is 0 Å². The predicted octanol–water partition coefficient (Wildman–Crippen LogP) is 2.10. The predicted molar refractivity (Wildman–Crippen MR) is 64.6 cm³/mol. The molecule has 0 N–H and O–H groups in total. The maximum Gasteiger partial charge on any atom is 0.227 e. The number of carbonyl (C=O) groups excluding carboxylic acids is 1. The second-order valence-electron chi connectivity index (χ2n) is 4.09. The molecule has 16 heavy (non-hydrogen) atoms. The Bertz CT molecular complexity index is 361. The number of hydrogen-bond acceptors (Lipinski definition) is 2. The Hall–Kier alpha value is -1.51. The van der Waals surface area contributed by atoms with Crippen molar-refractivity contribution in [3.8, 4) is 5.75 Å². The number of rotatable bonds is 4. The van der Waals surface area contributed by atoms with Crippen molar-refractivity contribution in [3.05, 3.63) is 29.8 Å². The van der Waals surface area contributed by atoms with Crippen molar-refractivity contribution in [3.63, 3.8) is 0 Å². The first-order valence-corrected chi connectivity index (χ1v) is 5.43. The summed E-state index contributed by atoms with van der Waals surface area (Å²) in [7, 11) is 3.44. The second-order valence-corrected chi connectivity index (χ2v) is 4.09. The first-order valence-electron chi connectivity index (χ1n) is 5.43. The highest BCUT2D eigenvalue weighted by Gasteiger charge is 2.14. The molecule has 0 heterocycles. The van der Waals surface area contributed by atoms with Crippen LogP contribution in [0.4, 0.5) is 0 Å². The number of likely N-dealkylation sites (N-methyl/N-ethyl adjacent to an activating group) is 1. The average Bonchev–Trinajstić information content (AvgIpc) is 2.28. The average molecular weight is 221 g/mol. The third kappa shape index (κ3) is 2.99. The van der Waals surface area contributed by atoms with Crippen molar-refractivity contribution in [1.29, 1.82) is 0 Å². The van der Waals surface area contributed by atoms with Crippen molar-refractivity contribution < 1.29 is 9.53 Å². The Labute approximate surface area is 97.0 Å². The zero-order chi connectivity index (χ0) is 12.1. The molecule has 0 radical (unpaired) electrons. The third-order valence-corrected chi connectivity index (χ3v) is 2.70. The van der Waals surface area contributed by atoms with Crippen LogP contribution in [0.3, 0.4) is 0 Å². The summed E-state index contributed by atoms with van der Waals surface area (Å²) >= 11 is 0. The van der Waals surface area contributed by atoms with Gasteiger partial charge in [0.15, 0.2) is 0 Å². The summed E-state index contributed by atoms with van der Waals surface area (Å²) in [6.07, 6.45) is 0.388. The maximum atomic E-state index is 11.9. The minimum atomic E-state index is 0.111. The van der Waals surface area contributed by atoms with E-state index in [0.29, 0.717) is 6.42 Å². The quantitative estimate of drug-likeness (QED) is 0.779. The number of ether oxygens (including phenoxy) is 1. The van der Waals surface area contributed by atoms with Crippen LogP contribution >= 0.6 is 0 Å². The van der Waals surface area contributed by atoms with Crippen LogP contribution in [-0.4, -0.2) is 31.0 Å². The highest BCUT2D eigenvalue weighted by molar-refractivity contribution is 5.79. The first-order chi connectivity index (χ1) is 7.56. The number of para-hydroxylation sites is 1. The second kappa shape index (κ2) is 5.54. The summed E-state index contributed by atoms with van der Waals surface area (Å²) in [5.74, 6) is 0.882. The standard InChI is InChI=1S/C13H19NO2/c1-10(2)14(3)13(15)9-11-7-5-6-8-12(11)16-4/h5-8,10H,9H2,1-4H3. The summed E-state index contributed by atoms with van der Waals surface area (Å²) in [5, 5.41) is 0. The van der Waals surface area contributed by atoms with Crippen LogP contribution in [0.15, 0.2) is 24.3 Å². The molecule has 0 aliphatic rings. The Kier molecular flexibility index (Phi) is 4.35. The van der Waals surface area contributed by atoms with Crippen LogP contribution in [0.5, 0.6) is 5.75 Å². The molecule has 88 valence electrons. The van der Waals surface area contributed by atoms with E-state index in [1.54, 1.807) is 12.0 Å². The smallest absolute Gasteiger partial charge is 0.227 e. The molecule has 1 aromatic carbocycles. The van der Waals surface area contributed by atoms with Crippen molar-refractivity contribution in [1.82, 2.24) is 4.90 Å². The van der Waals surface area contributed by atoms with E-state index in [-0.39, 0.29) is 11.9 Å². The van der Waals surface area contributed by atoms with Crippen molar-refractivity contribution in [2.75, 3.05) is 14.2 Å². The van der Waals surface area contributed by atoms with Crippen LogP contribution < -0.4 is 4.74 Å². The number of carbonyl (C=O) groups is 1. The molecule has 3 nitrogen and oxygen atoms in total. The monoisotopic (exact) mass is 221 g/mol. The van der Waals surface area contributed by atoms with Gasteiger partial charge in [0.25, 0.3) is 0 Å². The molecule has 0 fully saturated rings. The summed E-state index contributed by atoms with van der Waals surface area (Å²) in [6.45, 7) is 4.00. The molecular weight excluding hydrogens is 202 g/mol. The molecular formula is C13H19NO2. The molecule has 0 atom stereocenters. The van der Waals surface area contributed by atoms with E-state index in [0.717, 1.165) is 11.3 Å². The minimum Gasteiger partial charge on any atom is -0.496 e. The molecule has 1 rings (SSSR count). The molecule has 0 bridgehead atoms. The SMILES string of the molecule is COc1ccccc1CC(=O)N(C)C(C)C. The Morgan fingerprint density at radius 2 is 2.00 bits per heavy atom. The number of nitrogens with zero attached hydrogens (tertiary/aromatic N) is 1. The normalized spacial score (nSPS) is 10.3. The zero-order valence-electron chi connectivity index (χ0n) is 10.4. The van der Waals surface area contributed by atoms with Gasteiger partial charge in [-0.05, 0) is 19.9 Å². The van der Waals surface area contributed by atoms with Crippen LogP contribution in [0.25, 0.3) is 0 Å². The topological polar surface area (TPSA) is 29.5 Å². The van der Waals surface area contributed by atoms with Crippen LogP contribution in [0.2, 0.25) is 0 Å². The van der Waals surface area contributed by atoms with Crippen LogP contribution in [-0.2, 0) is 11.2 Å². The molecule has 0 unspecified atom stereocenters. The van der Waals surface area contributed by atoms with Crippen molar-refractivity contribution >= 4 is 5.91 Å². The van der Waals surface area contributed by atoms with Gasteiger partial charge in [-0.3, -0.25) is 4.79 Å². The lowest BCUT2D eigenvalue weighted by molar-refractivity contribution is -0.130. The van der Waals surface area contributed by atoms with Gasteiger partial charge in [0.05, 0.1) is 13.5 Å². The lowest BCUT2D eigenvalue weighted by atomic mass is 10.1. The molecule has 1 aromatic rings. The largest absolute Gasteiger partial charge is 0.496 e. The van der Waals surface area contributed by atoms with Gasteiger partial charge in [-0.25, -0.2) is 0 Å². The fraction of sp³-hybridized carbons (Fsp3) is 0.462. The summed E-state index contributed by atoms with van der Waals surface area (Å²) in [6, 6.07) is 7.84. The molecule has 0 aromatic heterocycles. The van der Waals surface area contributed by atoms with Gasteiger partial charge >= 0.3 is 0 Å². The van der Waals surface area contributed by atoms with Gasteiger partial charge in [0, 0.05) is 18.7 Å². The van der Waals surface area contributed by atoms with Gasteiger partial charge in [-0.2, -0.15) is 0 Å². The molecule has 1 amide bonds. The molecule has 3 heteroatoms. The highest BCUT2D eigenvalue weighted by Crippen LogP contribution is 2.18. The van der Waals surface area contributed by atoms with E-state index in [4.69, 9.17) is 4.74 Å². The summed E-state index contributed by atoms with van der Waals surface area (Å²) in [4.78, 5) is 13.6. The summed E-state index contributed by atoms with van der Waals surface area (Å²) < 4.78 is 5.22. The number of methoxy groups -OCH3 is 1. The minimum absolute atomic E-state index is 0.111. The van der Waals surface area contributed by atoms with Crippen molar-refractivity contribution in [2.45, 2.75) is 26.3 Å². The van der Waals surface area contributed by atoms with E-state index in [1.165, 1.54) is 0 Å². The lowest BCUT2D eigenvalue weighted by Gasteiger charge is -2.21. The Morgan fingerprint density at radius 3 is 2.56 bits per heavy atom. The number of hydrogen-bond donors (Lipinski definition) is 0. The molecule has 0 aliphatic carbocycles. The molecule has 0 spiro atoms. The molecule has 0 aliphatic heterocycles. The van der Waals surface area contributed by atoms with Gasteiger partial charge in [0.2, 0.25) is 5.91 Å².